The van der Waals surface area contributed by atoms with E-state index in [1.807, 2.05) is 24.3 Å². The fourth-order valence-corrected chi connectivity index (χ4v) is 4.79. The molecule has 152 valence electrons. The lowest BCUT2D eigenvalue weighted by molar-refractivity contribution is -0.117. The second kappa shape index (κ2) is 7.49. The first-order valence-electron chi connectivity index (χ1n) is 9.18. The van der Waals surface area contributed by atoms with E-state index in [-0.39, 0.29) is 11.6 Å². The zero-order valence-corrected chi connectivity index (χ0v) is 16.2. The lowest BCUT2D eigenvalue weighted by Gasteiger charge is -2.18. The largest absolute Gasteiger partial charge is 0.506 e. The highest BCUT2D eigenvalue weighted by Gasteiger charge is 2.38. The molecule has 1 amide bonds. The summed E-state index contributed by atoms with van der Waals surface area (Å²) >= 11 is 0. The first-order valence-corrected chi connectivity index (χ1v) is 10.6. The van der Waals surface area contributed by atoms with E-state index in [1.54, 1.807) is 4.72 Å². The summed E-state index contributed by atoms with van der Waals surface area (Å²) in [5.41, 5.74) is 1.57. The number of carbonyl (C=O) groups is 1. The van der Waals surface area contributed by atoms with Gasteiger partial charge in [-0.05, 0) is 36.1 Å². The standard InChI is InChI=1S/C20H20FN3O4S/c21-19-16(8-9-17(25)20(19)24-12-18(26)23-29(24,27)28)14-10-15(22-11-14)7-6-13-4-2-1-3-5-13/h1-5,8-10,15,22,25H,6-7,11-12H2,(H,23,26). The summed E-state index contributed by atoms with van der Waals surface area (Å²) in [5.74, 6) is -2.20. The molecule has 0 bridgehead atoms. The molecule has 9 heteroatoms. The van der Waals surface area contributed by atoms with Gasteiger partial charge in [0.15, 0.2) is 5.82 Å². The van der Waals surface area contributed by atoms with Crippen molar-refractivity contribution in [2.45, 2.75) is 18.9 Å². The molecule has 1 saturated heterocycles. The van der Waals surface area contributed by atoms with Crippen molar-refractivity contribution in [1.82, 2.24) is 10.0 Å². The molecule has 29 heavy (non-hydrogen) atoms. The molecule has 7 nitrogen and oxygen atoms in total. The molecule has 0 saturated carbocycles. The second-order valence-electron chi connectivity index (χ2n) is 7.04. The molecular formula is C20H20FN3O4S. The van der Waals surface area contributed by atoms with Crippen molar-refractivity contribution in [3.05, 3.63) is 65.5 Å². The zero-order valence-electron chi connectivity index (χ0n) is 15.4. The number of benzene rings is 2. The molecule has 4 rings (SSSR count). The Labute approximate surface area is 168 Å². The number of carbonyl (C=O) groups excluding carboxylic acids is 1. The van der Waals surface area contributed by atoms with Crippen LogP contribution in [0.25, 0.3) is 5.57 Å². The van der Waals surface area contributed by atoms with Crippen LogP contribution in [0, 0.1) is 5.82 Å². The highest BCUT2D eigenvalue weighted by atomic mass is 32.2. The van der Waals surface area contributed by atoms with E-state index in [1.165, 1.54) is 17.7 Å². The first-order chi connectivity index (χ1) is 13.8. The van der Waals surface area contributed by atoms with E-state index in [0.29, 0.717) is 16.4 Å². The Balaban J connectivity index is 1.59. The van der Waals surface area contributed by atoms with Gasteiger partial charge in [-0.3, -0.25) is 4.79 Å². The van der Waals surface area contributed by atoms with Crippen LogP contribution in [0.1, 0.15) is 17.5 Å². The van der Waals surface area contributed by atoms with Crippen LogP contribution in [0.2, 0.25) is 0 Å². The molecule has 0 aromatic heterocycles. The maximum atomic E-state index is 15.2. The SMILES string of the molecule is O=C1CN(c2c(O)ccc(C3=CC(CCc4ccccc4)NC3)c2F)S(=O)(=O)N1. The van der Waals surface area contributed by atoms with Gasteiger partial charge in [-0.1, -0.05) is 36.4 Å². The minimum Gasteiger partial charge on any atom is -0.506 e. The monoisotopic (exact) mass is 417 g/mol. The lowest BCUT2D eigenvalue weighted by atomic mass is 10.0. The zero-order chi connectivity index (χ0) is 20.6. The van der Waals surface area contributed by atoms with E-state index in [4.69, 9.17) is 0 Å². The number of hydrogen-bond donors (Lipinski definition) is 3. The van der Waals surface area contributed by atoms with Gasteiger partial charge in [0.05, 0.1) is 0 Å². The molecular weight excluding hydrogens is 397 g/mol. The molecule has 1 atom stereocenters. The van der Waals surface area contributed by atoms with Crippen LogP contribution in [0.3, 0.4) is 0 Å². The average molecular weight is 417 g/mol. The minimum absolute atomic E-state index is 0.0561. The van der Waals surface area contributed by atoms with Crippen LogP contribution in [-0.4, -0.2) is 38.6 Å². The van der Waals surface area contributed by atoms with E-state index < -0.39 is 39.9 Å². The number of aryl methyl sites for hydroxylation is 1. The van der Waals surface area contributed by atoms with Gasteiger partial charge < -0.3 is 10.4 Å². The number of phenolic OH excluding ortho intramolecular Hbond substituents is 1. The van der Waals surface area contributed by atoms with Crippen LogP contribution in [0.4, 0.5) is 10.1 Å². The van der Waals surface area contributed by atoms with Crippen molar-refractivity contribution in [1.29, 1.82) is 0 Å². The molecule has 2 aliphatic rings. The van der Waals surface area contributed by atoms with Crippen molar-refractivity contribution in [2.75, 3.05) is 17.4 Å². The van der Waals surface area contributed by atoms with E-state index in [9.17, 15) is 18.3 Å². The van der Waals surface area contributed by atoms with Gasteiger partial charge in [-0.25, -0.2) is 13.4 Å². The van der Waals surface area contributed by atoms with Gasteiger partial charge >= 0.3 is 10.2 Å². The normalized spacial score (nSPS) is 20.6. The van der Waals surface area contributed by atoms with Crippen LogP contribution in [0.5, 0.6) is 5.75 Å². The summed E-state index contributed by atoms with van der Waals surface area (Å²) in [7, 11) is -4.23. The maximum Gasteiger partial charge on any atom is 0.326 e. The molecule has 1 unspecified atom stereocenters. The fraction of sp³-hybridized carbons (Fsp3) is 0.250. The van der Waals surface area contributed by atoms with Crippen LogP contribution in [-0.2, 0) is 21.4 Å². The van der Waals surface area contributed by atoms with Crippen molar-refractivity contribution >= 4 is 27.4 Å². The van der Waals surface area contributed by atoms with Gasteiger partial charge in [0.2, 0.25) is 0 Å². The number of phenols is 1. The molecule has 0 radical (unpaired) electrons. The lowest BCUT2D eigenvalue weighted by Crippen LogP contribution is -2.30. The van der Waals surface area contributed by atoms with Crippen molar-refractivity contribution in [3.8, 4) is 5.75 Å². The van der Waals surface area contributed by atoms with Crippen LogP contribution >= 0.6 is 0 Å². The van der Waals surface area contributed by atoms with E-state index >= 15 is 4.39 Å². The predicted octanol–water partition coefficient (Wildman–Crippen LogP) is 1.70. The highest BCUT2D eigenvalue weighted by molar-refractivity contribution is 7.92. The number of rotatable bonds is 5. The molecule has 1 fully saturated rings. The van der Waals surface area contributed by atoms with E-state index in [2.05, 4.69) is 17.4 Å². The first kappa shape index (κ1) is 19.4. The number of hydrogen-bond acceptors (Lipinski definition) is 5. The Bertz CT molecular complexity index is 1090. The quantitative estimate of drug-likeness (QED) is 0.688. The molecule has 2 aliphatic heterocycles. The third-order valence-corrected chi connectivity index (χ3v) is 6.43. The maximum absolute atomic E-state index is 15.2. The third kappa shape index (κ3) is 3.83. The molecule has 2 aromatic rings. The smallest absolute Gasteiger partial charge is 0.326 e. The number of aromatic hydroxyl groups is 1. The number of halogens is 1. The number of nitrogens with one attached hydrogen (secondary N) is 2. The number of amides is 1. The van der Waals surface area contributed by atoms with Crippen molar-refractivity contribution in [2.24, 2.45) is 0 Å². The fourth-order valence-electron chi connectivity index (χ4n) is 3.62. The Morgan fingerprint density at radius 3 is 2.62 bits per heavy atom. The summed E-state index contributed by atoms with van der Waals surface area (Å²) in [5, 5.41) is 13.4. The summed E-state index contributed by atoms with van der Waals surface area (Å²) in [6.07, 6.45) is 3.62. The highest BCUT2D eigenvalue weighted by Crippen LogP contribution is 2.37. The predicted molar refractivity (Wildman–Crippen MR) is 107 cm³/mol. The minimum atomic E-state index is -4.23. The van der Waals surface area contributed by atoms with Gasteiger partial charge in [-0.2, -0.15) is 8.42 Å². The van der Waals surface area contributed by atoms with Gasteiger partial charge in [0.25, 0.3) is 5.91 Å². The molecule has 3 N–H and O–H groups in total. The Kier molecular flexibility index (Phi) is 5.01. The number of nitrogens with zero attached hydrogens (tertiary/aromatic N) is 1. The van der Waals surface area contributed by atoms with Crippen molar-refractivity contribution in [3.63, 3.8) is 0 Å². The molecule has 0 spiro atoms. The van der Waals surface area contributed by atoms with Crippen LogP contribution < -0.4 is 14.3 Å². The molecule has 0 aliphatic carbocycles. The summed E-state index contributed by atoms with van der Waals surface area (Å²) < 4.78 is 41.7. The van der Waals surface area contributed by atoms with Crippen LogP contribution in [0.15, 0.2) is 48.5 Å². The Morgan fingerprint density at radius 2 is 1.93 bits per heavy atom. The molecule has 2 aromatic carbocycles. The average Bonchev–Trinajstić information content (AvgIpc) is 3.25. The number of anilines is 1. The van der Waals surface area contributed by atoms with Crippen molar-refractivity contribution < 1.29 is 22.7 Å². The summed E-state index contributed by atoms with van der Waals surface area (Å²) in [6, 6.07) is 12.7. The van der Waals surface area contributed by atoms with Gasteiger partial charge in [-0.15, -0.1) is 0 Å². The summed E-state index contributed by atoms with van der Waals surface area (Å²) in [4.78, 5) is 11.5. The Morgan fingerprint density at radius 1 is 1.17 bits per heavy atom. The third-order valence-electron chi connectivity index (χ3n) is 5.05. The van der Waals surface area contributed by atoms with E-state index in [0.717, 1.165) is 12.8 Å². The second-order valence-corrected chi connectivity index (χ2v) is 8.63. The summed E-state index contributed by atoms with van der Waals surface area (Å²) in [6.45, 7) is -0.155. The van der Waals surface area contributed by atoms with Gasteiger partial charge in [0.1, 0.15) is 18.0 Å². The molecule has 2 heterocycles. The topological polar surface area (TPSA) is 98.7 Å². The van der Waals surface area contributed by atoms with Gasteiger partial charge in [0, 0.05) is 18.2 Å². The Hall–Kier alpha value is -2.91.